The summed E-state index contributed by atoms with van der Waals surface area (Å²) in [6.45, 7) is 4.12. The Kier molecular flexibility index (Phi) is 11.9. The Labute approximate surface area is 296 Å². The molecular formula is C36H30Cl2N4O4S2. The number of carbonyl (C=O) groups is 3. The van der Waals surface area contributed by atoms with Gasteiger partial charge >= 0.3 is 0 Å². The summed E-state index contributed by atoms with van der Waals surface area (Å²) in [6, 6.07) is 28.3. The number of halogens is 2. The van der Waals surface area contributed by atoms with Crippen molar-refractivity contribution in [2.45, 2.75) is 24.0 Å². The summed E-state index contributed by atoms with van der Waals surface area (Å²) >= 11 is 14.8. The van der Waals surface area contributed by atoms with Crippen molar-refractivity contribution >= 4 is 80.9 Å². The molecule has 0 radical (unpaired) electrons. The molecule has 0 saturated heterocycles. The minimum atomic E-state index is -0.512. The van der Waals surface area contributed by atoms with Gasteiger partial charge in [-0.1, -0.05) is 65.7 Å². The second-order valence-electron chi connectivity index (χ2n) is 10.2. The molecule has 3 amide bonds. The predicted octanol–water partition coefficient (Wildman–Crippen LogP) is 9.04. The summed E-state index contributed by atoms with van der Waals surface area (Å²) in [5.41, 5.74) is 3.09. The molecule has 0 aliphatic carbocycles. The number of ether oxygens (including phenoxy) is 1. The minimum Gasteiger partial charge on any atom is -0.493 e. The molecule has 12 heteroatoms. The number of hydrogen-bond donors (Lipinski definition) is 3. The van der Waals surface area contributed by atoms with Crippen molar-refractivity contribution in [2.24, 2.45) is 0 Å². The van der Waals surface area contributed by atoms with E-state index in [2.05, 4.69) is 20.9 Å². The molecule has 5 aromatic rings. The third-order valence-electron chi connectivity index (χ3n) is 6.79. The van der Waals surface area contributed by atoms with Gasteiger partial charge in [-0.05, 0) is 74.5 Å². The van der Waals surface area contributed by atoms with E-state index >= 15 is 0 Å². The summed E-state index contributed by atoms with van der Waals surface area (Å²) in [5, 5.41) is 11.2. The highest BCUT2D eigenvalue weighted by molar-refractivity contribution is 8.00. The van der Waals surface area contributed by atoms with Crippen molar-refractivity contribution in [3.05, 3.63) is 129 Å². The maximum absolute atomic E-state index is 13.5. The zero-order valence-electron chi connectivity index (χ0n) is 25.8. The summed E-state index contributed by atoms with van der Waals surface area (Å²) in [7, 11) is 0. The van der Waals surface area contributed by atoms with Crippen LogP contribution < -0.4 is 20.7 Å². The Hall–Kier alpha value is -4.61. The fourth-order valence-corrected chi connectivity index (χ4v) is 6.27. The summed E-state index contributed by atoms with van der Waals surface area (Å²) < 4.78 is 5.72. The lowest BCUT2D eigenvalue weighted by molar-refractivity contribution is -0.115. The van der Waals surface area contributed by atoms with Gasteiger partial charge in [0.1, 0.15) is 11.4 Å². The van der Waals surface area contributed by atoms with Crippen LogP contribution in [0.4, 0.5) is 10.8 Å². The molecule has 244 valence electrons. The number of anilines is 2. The van der Waals surface area contributed by atoms with E-state index in [9.17, 15) is 14.4 Å². The number of carbonyl (C=O) groups excluding carboxylic acids is 3. The highest BCUT2D eigenvalue weighted by Crippen LogP contribution is 2.31. The van der Waals surface area contributed by atoms with Gasteiger partial charge in [-0.3, -0.25) is 14.4 Å². The van der Waals surface area contributed by atoms with Crippen LogP contribution in [0, 0.1) is 0 Å². The molecule has 1 heterocycles. The first kappa shape index (κ1) is 34.7. The van der Waals surface area contributed by atoms with Gasteiger partial charge in [0.05, 0.1) is 27.6 Å². The summed E-state index contributed by atoms with van der Waals surface area (Å²) in [5.74, 6) is -0.556. The quantitative estimate of drug-likeness (QED) is 0.0878. The molecule has 0 aliphatic rings. The van der Waals surface area contributed by atoms with E-state index in [1.807, 2.05) is 48.7 Å². The van der Waals surface area contributed by atoms with Crippen molar-refractivity contribution in [3.63, 3.8) is 0 Å². The van der Waals surface area contributed by atoms with E-state index in [-0.39, 0.29) is 11.6 Å². The van der Waals surface area contributed by atoms with Gasteiger partial charge in [-0.15, -0.1) is 23.1 Å². The molecular weight excluding hydrogens is 687 g/mol. The van der Waals surface area contributed by atoms with Gasteiger partial charge in [0.2, 0.25) is 5.91 Å². The Bertz CT molecular complexity index is 1950. The first-order valence-corrected chi connectivity index (χ1v) is 17.3. The van der Waals surface area contributed by atoms with Crippen LogP contribution in [0.1, 0.15) is 29.8 Å². The van der Waals surface area contributed by atoms with Crippen molar-refractivity contribution in [1.82, 2.24) is 10.3 Å². The zero-order valence-corrected chi connectivity index (χ0v) is 29.0. The van der Waals surface area contributed by atoms with E-state index in [1.54, 1.807) is 73.7 Å². The third kappa shape index (κ3) is 9.26. The van der Waals surface area contributed by atoms with Gasteiger partial charge < -0.3 is 20.7 Å². The Morgan fingerprint density at radius 1 is 0.917 bits per heavy atom. The van der Waals surface area contributed by atoms with E-state index in [4.69, 9.17) is 27.9 Å². The van der Waals surface area contributed by atoms with Crippen LogP contribution in [0.2, 0.25) is 10.0 Å². The van der Waals surface area contributed by atoms with Crippen LogP contribution in [0.3, 0.4) is 0 Å². The molecule has 0 aliphatic heterocycles. The average Bonchev–Trinajstić information content (AvgIpc) is 3.56. The van der Waals surface area contributed by atoms with Crippen LogP contribution in [0.5, 0.6) is 5.75 Å². The highest BCUT2D eigenvalue weighted by Gasteiger charge is 2.19. The predicted molar refractivity (Wildman–Crippen MR) is 196 cm³/mol. The zero-order chi connectivity index (χ0) is 34.0. The third-order valence-corrected chi connectivity index (χ3v) is 9.40. The molecule has 8 nitrogen and oxygen atoms in total. The van der Waals surface area contributed by atoms with Gasteiger partial charge in [0.15, 0.2) is 5.13 Å². The lowest BCUT2D eigenvalue weighted by atomic mass is 10.1. The van der Waals surface area contributed by atoms with Crippen molar-refractivity contribution in [3.8, 4) is 17.0 Å². The van der Waals surface area contributed by atoms with E-state index in [0.717, 1.165) is 10.5 Å². The molecule has 0 saturated carbocycles. The van der Waals surface area contributed by atoms with E-state index in [0.29, 0.717) is 50.0 Å². The second-order valence-corrected chi connectivity index (χ2v) is 13.3. The Balaban J connectivity index is 1.23. The number of nitrogens with zero attached hydrogens (tertiary/aromatic N) is 1. The molecule has 0 bridgehead atoms. The van der Waals surface area contributed by atoms with Gasteiger partial charge in [0.25, 0.3) is 11.8 Å². The number of amides is 3. The van der Waals surface area contributed by atoms with Gasteiger partial charge in [-0.2, -0.15) is 0 Å². The van der Waals surface area contributed by atoms with Crippen molar-refractivity contribution in [2.75, 3.05) is 17.2 Å². The monoisotopic (exact) mass is 716 g/mol. The lowest BCUT2D eigenvalue weighted by Gasteiger charge is -2.14. The average molecular weight is 718 g/mol. The fourth-order valence-electron chi connectivity index (χ4n) is 4.38. The molecule has 48 heavy (non-hydrogen) atoms. The molecule has 1 unspecified atom stereocenters. The molecule has 3 N–H and O–H groups in total. The molecule has 1 aromatic heterocycles. The van der Waals surface area contributed by atoms with Crippen LogP contribution in [0.15, 0.2) is 113 Å². The SMILES string of the molecule is CCOc1ccccc1/C=C(\NC(=O)c1ccccc1)C(=O)Nc1ccc(SC(C)C(=O)Nc2nc(-c3ccc(Cl)c(Cl)c3)cs2)cc1. The number of benzene rings is 4. The highest BCUT2D eigenvalue weighted by atomic mass is 35.5. The second kappa shape index (κ2) is 16.5. The van der Waals surface area contributed by atoms with Crippen LogP contribution in [-0.4, -0.2) is 34.6 Å². The first-order chi connectivity index (χ1) is 23.2. The number of thioether (sulfide) groups is 1. The molecule has 0 fully saturated rings. The maximum atomic E-state index is 13.5. The van der Waals surface area contributed by atoms with E-state index < -0.39 is 17.1 Å². The number of rotatable bonds is 12. The number of hydrogen-bond acceptors (Lipinski definition) is 7. The summed E-state index contributed by atoms with van der Waals surface area (Å²) in [4.78, 5) is 44.8. The minimum absolute atomic E-state index is 0.0456. The Morgan fingerprint density at radius 2 is 1.65 bits per heavy atom. The van der Waals surface area contributed by atoms with Crippen molar-refractivity contribution in [1.29, 1.82) is 0 Å². The fraction of sp³-hybridized carbons (Fsp3) is 0.111. The number of aromatic nitrogens is 1. The standard InChI is InChI=1S/C36H30Cl2N4O4S2/c1-3-46-32-12-8-7-11-25(32)20-30(40-34(44)23-9-5-4-6-10-23)35(45)39-26-14-16-27(17-15-26)48-22(2)33(43)42-36-41-31(21-47-36)24-13-18-28(37)29(38)19-24/h4-22H,3H2,1-2H3,(H,39,45)(H,40,44)(H,41,42,43)/b30-20-. The smallest absolute Gasteiger partial charge is 0.272 e. The molecule has 5 rings (SSSR count). The maximum Gasteiger partial charge on any atom is 0.272 e. The van der Waals surface area contributed by atoms with Gasteiger partial charge in [0, 0.05) is 32.7 Å². The first-order valence-electron chi connectivity index (χ1n) is 14.8. The van der Waals surface area contributed by atoms with Crippen LogP contribution in [0.25, 0.3) is 17.3 Å². The summed E-state index contributed by atoms with van der Waals surface area (Å²) in [6.07, 6.45) is 1.59. The van der Waals surface area contributed by atoms with E-state index in [1.165, 1.54) is 23.1 Å². The van der Waals surface area contributed by atoms with Crippen LogP contribution in [-0.2, 0) is 9.59 Å². The van der Waals surface area contributed by atoms with Crippen molar-refractivity contribution < 1.29 is 19.1 Å². The largest absolute Gasteiger partial charge is 0.493 e. The molecule has 0 spiro atoms. The normalized spacial score (nSPS) is 11.8. The molecule has 4 aromatic carbocycles. The number of nitrogens with one attached hydrogen (secondary N) is 3. The van der Waals surface area contributed by atoms with Gasteiger partial charge in [-0.25, -0.2) is 4.98 Å². The lowest BCUT2D eigenvalue weighted by Crippen LogP contribution is -2.30. The number of thiazole rings is 1. The molecule has 1 atom stereocenters. The Morgan fingerprint density at radius 3 is 2.38 bits per heavy atom. The topological polar surface area (TPSA) is 109 Å². The number of para-hydroxylation sites is 1. The van der Waals surface area contributed by atoms with Crippen LogP contribution >= 0.6 is 46.3 Å².